The molecule has 37 heteroatoms. The number of fused-ring (bicyclic) bond motifs is 4. The monoisotopic (exact) mass is 1520 g/mol. The molecule has 2 aliphatic rings. The SMILES string of the molecule is CCc1cnn2c(NCc3ccc[n+]([O-])c3)nc(N3CCC[C@H]3CCO)nc12.CCc1cnn2c(NCc3ccc[n+]([O-])c3)nc(N[C@@H](CO)C(C)C)nc12.CCc1cnn2c(NCc3ccc[n+]([O-])c3)nc(N[C@H](CO)C(C)C)nc12.CCc1cnn2c(NCc3cnc(N)nc3)nc(N3CCCC[C@@H]3CCO)nc12. The molecular weight excluding hydrogens is 1420 g/mol. The largest absolute Gasteiger partial charge is 0.619 e. The number of nitrogens with zero attached hydrogens (tertiary/aromatic N) is 23. The predicted molar refractivity (Wildman–Crippen MR) is 420 cm³/mol. The Labute approximate surface area is 642 Å². The van der Waals surface area contributed by atoms with Gasteiger partial charge in [-0.15, -0.1) is 0 Å². The number of hydrogen-bond donors (Lipinski definition) is 11. The fourth-order valence-electron chi connectivity index (χ4n) is 12.9. The summed E-state index contributed by atoms with van der Waals surface area (Å²) < 4.78 is 9.07. The van der Waals surface area contributed by atoms with Crippen molar-refractivity contribution in [1.29, 1.82) is 0 Å². The summed E-state index contributed by atoms with van der Waals surface area (Å²) in [5, 5.41) is 110. The van der Waals surface area contributed by atoms with Gasteiger partial charge >= 0.3 is 0 Å². The highest BCUT2D eigenvalue weighted by molar-refractivity contribution is 5.59. The number of nitrogen functional groups attached to an aromatic ring is 1. The first kappa shape index (κ1) is 80.2. The molecule has 2 fully saturated rings. The standard InChI is InChI=1S/C19H27N9O.C19H25N7O2.2C18H25N7O2/c1-2-14-12-24-28-16(14)25-19(27-7-4-3-5-15(27)6-8-29)26-18(28)23-11-13-9-21-17(20)22-10-13;1-2-15-12-21-26-17(15)22-19(25-9-4-6-16(25)7-10-27)23-18(26)20-11-14-5-3-8-24(28)13-14;2*1-4-14-9-20-25-16(14)22-17(21-15(11-26)12(2)3)23-18(25)19-8-13-6-5-7-24(27)10-13/h9-10,12,15,29H,2-8,11H2,1H3,(H2,20,21,22)(H,23,25,26);3,5,8,12-13,16,27H,2,4,6-7,9-11H2,1H3,(H,20,22,23);2*5-7,9-10,12,15,26H,4,8,11H2,1-3H3,(H2,19,21,22,23)/t15-;16-;2*15-/m1010/s1. The fraction of sp³-hybridized carbons (Fsp3) is 0.473. The van der Waals surface area contributed by atoms with Gasteiger partial charge in [-0.05, 0) is 101 Å². The smallest absolute Gasteiger partial charge is 0.230 e. The van der Waals surface area contributed by atoms with Gasteiger partial charge in [0.1, 0.15) is 0 Å². The van der Waals surface area contributed by atoms with Crippen LogP contribution in [0.2, 0.25) is 0 Å². The molecule has 0 saturated carbocycles. The van der Waals surface area contributed by atoms with Crippen molar-refractivity contribution >= 4 is 76.1 Å². The van der Waals surface area contributed by atoms with Gasteiger partial charge in [-0.25, -0.2) is 9.97 Å². The third-order valence-corrected chi connectivity index (χ3v) is 19.4. The van der Waals surface area contributed by atoms with Crippen LogP contribution in [-0.2, 0) is 51.9 Å². The van der Waals surface area contributed by atoms with Crippen LogP contribution in [0.25, 0.3) is 22.6 Å². The van der Waals surface area contributed by atoms with Crippen LogP contribution in [0.3, 0.4) is 0 Å². The molecule has 0 unspecified atom stereocenters. The van der Waals surface area contributed by atoms with Gasteiger partial charge in [0.15, 0.2) is 59.8 Å². The molecule has 12 aromatic rings. The minimum Gasteiger partial charge on any atom is -0.619 e. The van der Waals surface area contributed by atoms with Gasteiger partial charge in [-0.1, -0.05) is 55.4 Å². The Kier molecular flexibility index (Phi) is 27.8. The van der Waals surface area contributed by atoms with Gasteiger partial charge in [0, 0.05) is 140 Å². The van der Waals surface area contributed by atoms with Crippen LogP contribution < -0.4 is 61.6 Å². The Morgan fingerprint density at radius 3 is 1.14 bits per heavy atom. The predicted octanol–water partition coefficient (Wildman–Crippen LogP) is 5.42. The highest BCUT2D eigenvalue weighted by atomic mass is 16.5. The van der Waals surface area contributed by atoms with Crippen LogP contribution in [-0.4, -0.2) is 172 Å². The second kappa shape index (κ2) is 38.5. The first-order valence-electron chi connectivity index (χ1n) is 37.9. The van der Waals surface area contributed by atoms with Crippen LogP contribution in [0.4, 0.5) is 53.5 Å². The number of rotatable bonds is 30. The van der Waals surface area contributed by atoms with E-state index in [1.165, 1.54) is 43.6 Å². The number of aliphatic hydroxyl groups is 4. The third-order valence-electron chi connectivity index (χ3n) is 19.4. The molecule has 0 amide bonds. The number of nitrogens with one attached hydrogen (secondary N) is 6. The normalized spacial score (nSPS) is 14.8. The quantitative estimate of drug-likeness (QED) is 0.0198. The zero-order valence-electron chi connectivity index (χ0n) is 64.1. The topological polar surface area (TPSA) is 465 Å². The molecule has 590 valence electrons. The Hall–Kier alpha value is -11.8. The number of nitrogens with two attached hydrogens (primary N) is 1. The molecule has 14 rings (SSSR count). The van der Waals surface area contributed by atoms with Gasteiger partial charge in [-0.2, -0.15) is 92.5 Å². The number of piperidine rings is 1. The second-order valence-corrected chi connectivity index (χ2v) is 27.8. The fourth-order valence-corrected chi connectivity index (χ4v) is 12.9. The van der Waals surface area contributed by atoms with Crippen molar-refractivity contribution in [1.82, 2.24) is 88.3 Å². The molecule has 14 heterocycles. The molecule has 0 bridgehead atoms. The second-order valence-electron chi connectivity index (χ2n) is 27.8. The van der Waals surface area contributed by atoms with E-state index < -0.39 is 0 Å². The van der Waals surface area contributed by atoms with Crippen molar-refractivity contribution in [2.45, 2.75) is 176 Å². The van der Waals surface area contributed by atoms with Crippen LogP contribution in [0.5, 0.6) is 0 Å². The molecule has 37 nitrogen and oxygen atoms in total. The molecule has 2 saturated heterocycles. The number of pyridine rings is 3. The summed E-state index contributed by atoms with van der Waals surface area (Å²) in [7, 11) is 0. The lowest BCUT2D eigenvalue weighted by Crippen LogP contribution is -2.41. The molecule has 12 aromatic heterocycles. The van der Waals surface area contributed by atoms with E-state index in [2.05, 4.69) is 106 Å². The van der Waals surface area contributed by atoms with Gasteiger partial charge in [0.25, 0.3) is 0 Å². The Morgan fingerprint density at radius 2 is 0.793 bits per heavy atom. The molecule has 2 aliphatic heterocycles. The van der Waals surface area contributed by atoms with Crippen molar-refractivity contribution in [3.8, 4) is 0 Å². The van der Waals surface area contributed by atoms with E-state index in [9.17, 15) is 36.0 Å². The van der Waals surface area contributed by atoms with Gasteiger partial charge < -0.3 is 83.5 Å². The molecule has 0 aliphatic carbocycles. The van der Waals surface area contributed by atoms with Gasteiger partial charge in [-0.3, -0.25) is 0 Å². The highest BCUT2D eigenvalue weighted by Gasteiger charge is 2.30. The van der Waals surface area contributed by atoms with E-state index >= 15 is 0 Å². The zero-order chi connectivity index (χ0) is 78.5. The van der Waals surface area contributed by atoms with Crippen molar-refractivity contribution in [2.75, 3.05) is 87.0 Å². The van der Waals surface area contributed by atoms with Crippen LogP contribution >= 0.6 is 0 Å². The molecule has 0 aromatic carbocycles. The van der Waals surface area contributed by atoms with E-state index in [0.717, 1.165) is 141 Å². The first-order chi connectivity index (χ1) is 53.9. The lowest BCUT2D eigenvalue weighted by molar-refractivity contribution is -0.606. The van der Waals surface area contributed by atoms with Crippen molar-refractivity contribution in [3.05, 3.63) is 171 Å². The first-order valence-corrected chi connectivity index (χ1v) is 37.9. The number of hydrogen-bond acceptors (Lipinski definition) is 30. The summed E-state index contributed by atoms with van der Waals surface area (Å²) in [4.78, 5) is 49.8. The summed E-state index contributed by atoms with van der Waals surface area (Å²) in [5.41, 5.74) is 16.1. The van der Waals surface area contributed by atoms with Gasteiger partial charge in [0.2, 0.25) is 53.5 Å². The Morgan fingerprint density at radius 1 is 0.450 bits per heavy atom. The molecule has 12 N–H and O–H groups in total. The Balaban J connectivity index is 0.000000147. The minimum absolute atomic E-state index is 0.0115. The van der Waals surface area contributed by atoms with Crippen LogP contribution in [0.15, 0.2) is 111 Å². The summed E-state index contributed by atoms with van der Waals surface area (Å²) in [5.74, 6) is 5.14. The highest BCUT2D eigenvalue weighted by Crippen LogP contribution is 2.30. The number of aliphatic hydroxyl groups excluding tert-OH is 4. The maximum Gasteiger partial charge on any atom is 0.230 e. The molecular formula is C74H102N30O7. The average molecular weight is 1520 g/mol. The summed E-state index contributed by atoms with van der Waals surface area (Å²) in [6.45, 7) is 20.2. The maximum absolute atomic E-state index is 11.5. The third kappa shape index (κ3) is 20.4. The molecule has 111 heavy (non-hydrogen) atoms. The van der Waals surface area contributed by atoms with E-state index in [1.807, 2.05) is 72.1 Å². The molecule has 4 atom stereocenters. The maximum atomic E-state index is 11.5. The Bertz CT molecular complexity index is 4810. The van der Waals surface area contributed by atoms with Crippen molar-refractivity contribution < 1.29 is 34.6 Å². The van der Waals surface area contributed by atoms with E-state index in [4.69, 9.17) is 25.7 Å². The summed E-state index contributed by atoms with van der Waals surface area (Å²) in [6, 6.07) is 10.9. The van der Waals surface area contributed by atoms with Crippen LogP contribution in [0.1, 0.15) is 145 Å². The number of aryl methyl sites for hydroxylation is 4. The van der Waals surface area contributed by atoms with Crippen LogP contribution in [0, 0.1) is 27.5 Å². The molecule has 0 radical (unpaired) electrons. The van der Waals surface area contributed by atoms with E-state index in [-0.39, 0.29) is 68.4 Å². The van der Waals surface area contributed by atoms with Crippen molar-refractivity contribution in [3.63, 3.8) is 0 Å². The minimum atomic E-state index is -0.151. The summed E-state index contributed by atoms with van der Waals surface area (Å²) >= 11 is 0. The van der Waals surface area contributed by atoms with Crippen molar-refractivity contribution in [2.24, 2.45) is 11.8 Å². The number of aromatic nitrogens is 21. The summed E-state index contributed by atoms with van der Waals surface area (Å²) in [6.07, 6.45) is 29.6. The number of anilines is 9. The van der Waals surface area contributed by atoms with Gasteiger partial charge in [0.05, 0.1) is 50.1 Å². The zero-order valence-corrected chi connectivity index (χ0v) is 64.1. The average Bonchev–Trinajstić information content (AvgIpc) is 1.67. The lowest BCUT2D eigenvalue weighted by atomic mass is 10.0. The van der Waals surface area contributed by atoms with E-state index in [1.54, 1.807) is 61.0 Å². The lowest BCUT2D eigenvalue weighted by Gasteiger charge is -2.35. The molecule has 0 spiro atoms. The van der Waals surface area contributed by atoms with E-state index in [0.29, 0.717) is 91.5 Å².